The van der Waals surface area contributed by atoms with Crippen LogP contribution in [0.1, 0.15) is 43.7 Å². The van der Waals surface area contributed by atoms with E-state index < -0.39 is 0 Å². The van der Waals surface area contributed by atoms with E-state index in [4.69, 9.17) is 4.74 Å². The lowest BCUT2D eigenvalue weighted by atomic mass is 9.60. The molecule has 0 aromatic heterocycles. The normalized spacial score (nSPS) is 41.8. The molecule has 0 N–H and O–H groups in total. The van der Waals surface area contributed by atoms with Crippen molar-refractivity contribution in [3.8, 4) is 5.75 Å². The fourth-order valence-corrected chi connectivity index (χ4v) is 7.35. The van der Waals surface area contributed by atoms with Crippen LogP contribution in [0.5, 0.6) is 5.75 Å². The number of hydrogen-bond acceptors (Lipinski definition) is 2. The van der Waals surface area contributed by atoms with Gasteiger partial charge in [-0.05, 0) is 84.6 Å². The average Bonchev–Trinajstić information content (AvgIpc) is 3.33. The zero-order valence-corrected chi connectivity index (χ0v) is 15.6. The average molecular weight is 346 g/mol. The number of Topliss-reactive ketones (excluding diaryl/α,β-unsaturated/α-hetero) is 1. The molecule has 0 aliphatic heterocycles. The largest absolute Gasteiger partial charge is 0.497 e. The van der Waals surface area contributed by atoms with Gasteiger partial charge in [-0.25, -0.2) is 0 Å². The van der Waals surface area contributed by atoms with E-state index in [1.54, 1.807) is 18.3 Å². The number of carbonyl (C=O) groups excluding carboxylic acids is 1. The van der Waals surface area contributed by atoms with Gasteiger partial charge >= 0.3 is 0 Å². The number of rotatable bonds is 1. The lowest BCUT2D eigenvalue weighted by Crippen LogP contribution is -2.37. The zero-order chi connectivity index (χ0) is 17.6. The minimum absolute atomic E-state index is 0.110. The van der Waals surface area contributed by atoms with E-state index in [1.807, 2.05) is 0 Å². The Kier molecular flexibility index (Phi) is 2.88. The van der Waals surface area contributed by atoms with Crippen LogP contribution in [0.2, 0.25) is 0 Å². The maximum atomic E-state index is 13.5. The van der Waals surface area contributed by atoms with Gasteiger partial charge in [0.25, 0.3) is 0 Å². The molecule has 0 amide bonds. The molecule has 5 aliphatic rings. The van der Waals surface area contributed by atoms with Crippen molar-refractivity contribution < 1.29 is 9.53 Å². The van der Waals surface area contributed by atoms with Gasteiger partial charge in [-0.2, -0.15) is 0 Å². The van der Waals surface area contributed by atoms with Crippen molar-refractivity contribution in [2.45, 2.75) is 39.0 Å². The van der Waals surface area contributed by atoms with E-state index >= 15 is 0 Å². The number of aryl methyl sites for hydroxylation is 1. The maximum Gasteiger partial charge on any atom is 0.143 e. The lowest BCUT2D eigenvalue weighted by Gasteiger charge is -2.43. The molecule has 2 heteroatoms. The van der Waals surface area contributed by atoms with Gasteiger partial charge < -0.3 is 4.74 Å². The first-order valence-corrected chi connectivity index (χ1v) is 10.2. The third kappa shape index (κ3) is 1.67. The summed E-state index contributed by atoms with van der Waals surface area (Å²) in [5, 5.41) is 0. The number of benzene rings is 1. The standard InChI is InChI=1S/C24H26O2/c1-24-10-9-18-17-8-6-16(26-2)12-13(17)5-7-19(18)22(24)20-14-3-4-15(11-14)21(20)23(24)25/h3-4,6,8,12,14-15,20-22H,5,7,9-11H2,1-2H3/t14-,15+,20-,21+,22+,24+/m1/s1. The van der Waals surface area contributed by atoms with Crippen molar-refractivity contribution in [2.75, 3.05) is 7.11 Å². The molecule has 5 aliphatic carbocycles. The molecule has 0 saturated heterocycles. The number of fused-ring (bicyclic) bond motifs is 10. The summed E-state index contributed by atoms with van der Waals surface area (Å²) in [7, 11) is 1.74. The third-order valence-corrected chi connectivity index (χ3v) is 8.42. The summed E-state index contributed by atoms with van der Waals surface area (Å²) >= 11 is 0. The number of ketones is 1. The quantitative estimate of drug-likeness (QED) is 0.681. The van der Waals surface area contributed by atoms with Gasteiger partial charge in [0, 0.05) is 11.3 Å². The van der Waals surface area contributed by atoms with Gasteiger partial charge in [0.1, 0.15) is 11.5 Å². The summed E-state index contributed by atoms with van der Waals surface area (Å²) in [6.07, 6.45) is 10.3. The highest BCUT2D eigenvalue weighted by atomic mass is 16.5. The Labute approximate surface area is 155 Å². The van der Waals surface area contributed by atoms with Gasteiger partial charge in [0.15, 0.2) is 0 Å². The van der Waals surface area contributed by atoms with Crippen LogP contribution in [0, 0.1) is 35.0 Å². The van der Waals surface area contributed by atoms with Crippen LogP contribution in [0.25, 0.3) is 5.57 Å². The van der Waals surface area contributed by atoms with E-state index in [0.29, 0.717) is 35.4 Å². The van der Waals surface area contributed by atoms with Crippen molar-refractivity contribution in [3.63, 3.8) is 0 Å². The van der Waals surface area contributed by atoms with Gasteiger partial charge in [-0.1, -0.05) is 30.7 Å². The van der Waals surface area contributed by atoms with E-state index in [2.05, 4.69) is 37.3 Å². The monoisotopic (exact) mass is 346 g/mol. The molecule has 2 bridgehead atoms. The Bertz CT molecular complexity index is 891. The molecule has 2 saturated carbocycles. The molecular formula is C24H26O2. The first-order valence-electron chi connectivity index (χ1n) is 10.2. The Balaban J connectivity index is 1.51. The highest BCUT2D eigenvalue weighted by Crippen LogP contribution is 2.67. The molecule has 134 valence electrons. The number of carbonyl (C=O) groups is 1. The van der Waals surface area contributed by atoms with Crippen LogP contribution in [-0.2, 0) is 11.2 Å². The van der Waals surface area contributed by atoms with E-state index in [1.165, 1.54) is 17.5 Å². The summed E-state index contributed by atoms with van der Waals surface area (Å²) in [6, 6.07) is 6.58. The van der Waals surface area contributed by atoms with E-state index in [0.717, 1.165) is 31.4 Å². The molecule has 6 atom stereocenters. The van der Waals surface area contributed by atoms with E-state index in [9.17, 15) is 4.79 Å². The van der Waals surface area contributed by atoms with Crippen LogP contribution in [-0.4, -0.2) is 12.9 Å². The molecule has 1 aromatic rings. The van der Waals surface area contributed by atoms with Crippen molar-refractivity contribution in [3.05, 3.63) is 47.1 Å². The Morgan fingerprint density at radius 3 is 2.81 bits per heavy atom. The Morgan fingerprint density at radius 2 is 1.96 bits per heavy atom. The summed E-state index contributed by atoms with van der Waals surface area (Å²) in [4.78, 5) is 13.5. The van der Waals surface area contributed by atoms with Crippen molar-refractivity contribution in [2.24, 2.45) is 35.0 Å². The molecule has 0 heterocycles. The highest BCUT2D eigenvalue weighted by Gasteiger charge is 2.66. The van der Waals surface area contributed by atoms with Crippen LogP contribution in [0.4, 0.5) is 0 Å². The highest BCUT2D eigenvalue weighted by molar-refractivity contribution is 5.93. The number of allylic oxidation sites excluding steroid dienone is 4. The van der Waals surface area contributed by atoms with Gasteiger partial charge in [-0.3, -0.25) is 4.79 Å². The lowest BCUT2D eigenvalue weighted by molar-refractivity contribution is -0.130. The predicted molar refractivity (Wildman–Crippen MR) is 102 cm³/mol. The van der Waals surface area contributed by atoms with Crippen molar-refractivity contribution in [1.82, 2.24) is 0 Å². The SMILES string of the molecule is COc1ccc2c(c1)CCC1=C2CC[C@]2(C)C(=O)[C@@H]3[C@@H]([C@@H]4C=C[C@H]3C4)[C@H]12. The van der Waals surface area contributed by atoms with Crippen molar-refractivity contribution in [1.29, 1.82) is 0 Å². The summed E-state index contributed by atoms with van der Waals surface area (Å²) in [5.74, 6) is 4.10. The second-order valence-electron chi connectivity index (χ2n) is 9.34. The van der Waals surface area contributed by atoms with Gasteiger partial charge in [-0.15, -0.1) is 0 Å². The van der Waals surface area contributed by atoms with Crippen LogP contribution in [0.3, 0.4) is 0 Å². The molecule has 2 fully saturated rings. The molecule has 2 nitrogen and oxygen atoms in total. The van der Waals surface area contributed by atoms with E-state index in [-0.39, 0.29) is 5.41 Å². The Morgan fingerprint density at radius 1 is 1.12 bits per heavy atom. The fraction of sp³-hybridized carbons (Fsp3) is 0.542. The predicted octanol–water partition coefficient (Wildman–Crippen LogP) is 4.83. The van der Waals surface area contributed by atoms with Crippen LogP contribution < -0.4 is 4.74 Å². The molecule has 26 heavy (non-hydrogen) atoms. The third-order valence-electron chi connectivity index (χ3n) is 8.42. The Hall–Kier alpha value is -1.83. The van der Waals surface area contributed by atoms with Crippen LogP contribution >= 0.6 is 0 Å². The minimum atomic E-state index is -0.110. The maximum absolute atomic E-state index is 13.5. The molecular weight excluding hydrogens is 320 g/mol. The van der Waals surface area contributed by atoms with Gasteiger partial charge in [0.2, 0.25) is 0 Å². The topological polar surface area (TPSA) is 26.3 Å². The number of hydrogen-bond donors (Lipinski definition) is 0. The van der Waals surface area contributed by atoms with Gasteiger partial charge in [0.05, 0.1) is 7.11 Å². The molecule has 1 aromatic carbocycles. The summed E-state index contributed by atoms with van der Waals surface area (Å²) < 4.78 is 5.44. The molecule has 6 rings (SSSR count). The number of methoxy groups -OCH3 is 1. The summed E-state index contributed by atoms with van der Waals surface area (Å²) in [5.41, 5.74) is 5.96. The first-order chi connectivity index (χ1) is 12.6. The minimum Gasteiger partial charge on any atom is -0.497 e. The molecule has 0 unspecified atom stereocenters. The zero-order valence-electron chi connectivity index (χ0n) is 15.6. The molecule has 0 spiro atoms. The smallest absolute Gasteiger partial charge is 0.143 e. The van der Waals surface area contributed by atoms with Crippen molar-refractivity contribution >= 4 is 11.4 Å². The first kappa shape index (κ1) is 15.2. The second kappa shape index (κ2) is 4.91. The number of ether oxygens (including phenoxy) is 1. The second-order valence-corrected chi connectivity index (χ2v) is 9.34. The fourth-order valence-electron chi connectivity index (χ4n) is 7.35. The van der Waals surface area contributed by atoms with Crippen LogP contribution in [0.15, 0.2) is 35.9 Å². The summed E-state index contributed by atoms with van der Waals surface area (Å²) in [6.45, 7) is 2.30. The molecule has 0 radical (unpaired) electrons.